The van der Waals surface area contributed by atoms with Crippen LogP contribution in [0.4, 0.5) is 5.69 Å². The number of rotatable bonds is 7. The summed E-state index contributed by atoms with van der Waals surface area (Å²) in [5.41, 5.74) is 2.71. The number of halogens is 1. The topological polar surface area (TPSA) is 59.8 Å². The molecule has 4 aromatic rings. The summed E-state index contributed by atoms with van der Waals surface area (Å²) in [7, 11) is 0. The maximum absolute atomic E-state index is 12.4. The summed E-state index contributed by atoms with van der Waals surface area (Å²) >= 11 is 7.47. The molecule has 0 radical (unpaired) electrons. The number of hydrogen-bond donors (Lipinski definition) is 1. The molecule has 0 aliphatic carbocycles. The maximum Gasteiger partial charge on any atom is 0.234 e. The van der Waals surface area contributed by atoms with Crippen LogP contribution in [-0.2, 0) is 11.3 Å². The molecule has 0 atom stereocenters. The monoisotopic (exact) mass is 434 g/mol. The van der Waals surface area contributed by atoms with Gasteiger partial charge < -0.3 is 5.32 Å². The van der Waals surface area contributed by atoms with Gasteiger partial charge in [-0.3, -0.25) is 9.36 Å². The first-order valence-corrected chi connectivity index (χ1v) is 10.8. The van der Waals surface area contributed by atoms with E-state index in [1.807, 2.05) is 65.2 Å². The number of carbonyl (C=O) groups excluding carboxylic acids is 1. The van der Waals surface area contributed by atoms with E-state index in [-0.39, 0.29) is 11.7 Å². The van der Waals surface area contributed by atoms with Gasteiger partial charge in [-0.25, -0.2) is 0 Å². The van der Waals surface area contributed by atoms with Gasteiger partial charge in [0.05, 0.1) is 23.0 Å². The van der Waals surface area contributed by atoms with Crippen molar-refractivity contribution >= 4 is 35.0 Å². The first-order chi connectivity index (χ1) is 14.7. The van der Waals surface area contributed by atoms with Gasteiger partial charge in [0.25, 0.3) is 0 Å². The summed E-state index contributed by atoms with van der Waals surface area (Å²) in [6.45, 7) is 0.618. The average molecular weight is 435 g/mol. The number of thioether (sulfide) groups is 1. The molecule has 7 heteroatoms. The van der Waals surface area contributed by atoms with E-state index in [0.717, 1.165) is 17.0 Å². The third-order valence-corrected chi connectivity index (χ3v) is 5.71. The smallest absolute Gasteiger partial charge is 0.234 e. The van der Waals surface area contributed by atoms with Gasteiger partial charge in [0.2, 0.25) is 5.91 Å². The minimum atomic E-state index is -0.149. The van der Waals surface area contributed by atoms with Crippen molar-refractivity contribution in [2.24, 2.45) is 0 Å². The maximum atomic E-state index is 12.4. The molecular weight excluding hydrogens is 416 g/mol. The molecule has 1 amide bonds. The number of nitrogens with zero attached hydrogens (tertiary/aromatic N) is 3. The van der Waals surface area contributed by atoms with Gasteiger partial charge in [-0.2, -0.15) is 0 Å². The van der Waals surface area contributed by atoms with Crippen molar-refractivity contribution in [1.29, 1.82) is 0 Å². The van der Waals surface area contributed by atoms with Gasteiger partial charge >= 0.3 is 0 Å². The molecule has 0 saturated heterocycles. The molecule has 0 saturated carbocycles. The van der Waals surface area contributed by atoms with E-state index in [1.165, 1.54) is 11.8 Å². The number of para-hydroxylation sites is 1. The second-order valence-electron chi connectivity index (χ2n) is 6.56. The van der Waals surface area contributed by atoms with Crippen molar-refractivity contribution in [3.63, 3.8) is 0 Å². The summed E-state index contributed by atoms with van der Waals surface area (Å²) in [6, 6.07) is 27.2. The fourth-order valence-corrected chi connectivity index (χ4v) is 3.90. The third-order valence-electron chi connectivity index (χ3n) is 4.41. The lowest BCUT2D eigenvalue weighted by Gasteiger charge is -2.11. The average Bonchev–Trinajstić information content (AvgIpc) is 3.17. The van der Waals surface area contributed by atoms with Gasteiger partial charge in [-0.15, -0.1) is 10.2 Å². The molecule has 30 heavy (non-hydrogen) atoms. The van der Waals surface area contributed by atoms with E-state index in [9.17, 15) is 4.79 Å². The van der Waals surface area contributed by atoms with E-state index < -0.39 is 0 Å². The molecule has 0 aliphatic heterocycles. The van der Waals surface area contributed by atoms with Crippen LogP contribution >= 0.6 is 23.4 Å². The normalized spacial score (nSPS) is 10.7. The van der Waals surface area contributed by atoms with Crippen molar-refractivity contribution in [3.8, 4) is 11.4 Å². The number of anilines is 1. The molecule has 0 spiro atoms. The Morgan fingerprint density at radius 2 is 1.57 bits per heavy atom. The minimum Gasteiger partial charge on any atom is -0.324 e. The van der Waals surface area contributed by atoms with Gasteiger partial charge in [0, 0.05) is 5.56 Å². The zero-order chi connectivity index (χ0) is 20.8. The lowest BCUT2D eigenvalue weighted by molar-refractivity contribution is -0.113. The lowest BCUT2D eigenvalue weighted by atomic mass is 10.2. The van der Waals surface area contributed by atoms with Crippen LogP contribution in [0.25, 0.3) is 11.4 Å². The number of hydrogen-bond acceptors (Lipinski definition) is 4. The predicted molar refractivity (Wildman–Crippen MR) is 122 cm³/mol. The highest BCUT2D eigenvalue weighted by molar-refractivity contribution is 7.99. The van der Waals surface area contributed by atoms with Crippen LogP contribution in [-0.4, -0.2) is 26.4 Å². The minimum absolute atomic E-state index is 0.149. The summed E-state index contributed by atoms with van der Waals surface area (Å²) in [5.74, 6) is 0.824. The van der Waals surface area contributed by atoms with Crippen molar-refractivity contribution in [3.05, 3.63) is 95.5 Å². The second kappa shape index (κ2) is 9.61. The molecular formula is C23H19ClN4OS. The van der Waals surface area contributed by atoms with Gasteiger partial charge in [0.1, 0.15) is 0 Å². The highest BCUT2D eigenvalue weighted by atomic mass is 35.5. The molecule has 0 aliphatic rings. The zero-order valence-corrected chi connectivity index (χ0v) is 17.6. The molecule has 150 valence electrons. The highest BCUT2D eigenvalue weighted by Crippen LogP contribution is 2.26. The van der Waals surface area contributed by atoms with E-state index in [4.69, 9.17) is 11.6 Å². The van der Waals surface area contributed by atoms with Crippen LogP contribution in [0.5, 0.6) is 0 Å². The van der Waals surface area contributed by atoms with E-state index in [0.29, 0.717) is 22.4 Å². The fraction of sp³-hybridized carbons (Fsp3) is 0.0870. The van der Waals surface area contributed by atoms with Crippen LogP contribution in [0.1, 0.15) is 5.56 Å². The molecule has 4 rings (SSSR count). The Morgan fingerprint density at radius 1 is 0.900 bits per heavy atom. The summed E-state index contributed by atoms with van der Waals surface area (Å²) in [5, 5.41) is 12.8. The number of aromatic nitrogens is 3. The molecule has 1 heterocycles. The van der Waals surface area contributed by atoms with Gasteiger partial charge in [-0.05, 0) is 17.7 Å². The van der Waals surface area contributed by atoms with E-state index in [2.05, 4.69) is 27.6 Å². The number of carbonyl (C=O) groups is 1. The Bertz CT molecular complexity index is 1130. The zero-order valence-electron chi connectivity index (χ0n) is 16.0. The van der Waals surface area contributed by atoms with Crippen molar-refractivity contribution in [2.75, 3.05) is 11.1 Å². The first-order valence-electron chi connectivity index (χ1n) is 9.40. The number of nitrogens with one attached hydrogen (secondary N) is 1. The molecule has 1 N–H and O–H groups in total. The van der Waals surface area contributed by atoms with Crippen molar-refractivity contribution < 1.29 is 4.79 Å². The largest absolute Gasteiger partial charge is 0.324 e. The molecule has 1 aromatic heterocycles. The Hall–Kier alpha value is -3.09. The summed E-state index contributed by atoms with van der Waals surface area (Å²) < 4.78 is 2.04. The van der Waals surface area contributed by atoms with Gasteiger partial charge in [-0.1, -0.05) is 96.2 Å². The third kappa shape index (κ3) is 4.90. The molecule has 3 aromatic carbocycles. The summed E-state index contributed by atoms with van der Waals surface area (Å²) in [4.78, 5) is 12.4. The number of amides is 1. The van der Waals surface area contributed by atoms with Gasteiger partial charge in [0.15, 0.2) is 11.0 Å². The Balaban J connectivity index is 1.54. The second-order valence-corrected chi connectivity index (χ2v) is 7.91. The van der Waals surface area contributed by atoms with E-state index in [1.54, 1.807) is 12.1 Å². The quantitative estimate of drug-likeness (QED) is 0.397. The standard InChI is InChI=1S/C23H19ClN4OS/c24-19-13-7-8-14-20(19)25-21(29)16-30-23-27-26-22(18-11-5-2-6-12-18)28(23)15-17-9-3-1-4-10-17/h1-14H,15-16H2,(H,25,29). The molecule has 0 fully saturated rings. The molecule has 0 unspecified atom stereocenters. The van der Waals surface area contributed by atoms with Crippen LogP contribution in [0.3, 0.4) is 0 Å². The van der Waals surface area contributed by atoms with Crippen LogP contribution in [0.2, 0.25) is 5.02 Å². The Morgan fingerprint density at radius 3 is 2.30 bits per heavy atom. The molecule has 0 bridgehead atoms. The van der Waals surface area contributed by atoms with Crippen LogP contribution in [0.15, 0.2) is 90.1 Å². The Labute approximate surface area is 184 Å². The molecule has 5 nitrogen and oxygen atoms in total. The fourth-order valence-electron chi connectivity index (χ4n) is 2.98. The predicted octanol–water partition coefficient (Wildman–Crippen LogP) is 5.38. The Kier molecular flexibility index (Phi) is 6.47. The lowest BCUT2D eigenvalue weighted by Crippen LogP contribution is -2.15. The van der Waals surface area contributed by atoms with Crippen LogP contribution < -0.4 is 5.32 Å². The SMILES string of the molecule is O=C(CSc1nnc(-c2ccccc2)n1Cc1ccccc1)Nc1ccccc1Cl. The van der Waals surface area contributed by atoms with E-state index >= 15 is 0 Å². The van der Waals surface area contributed by atoms with Crippen molar-refractivity contribution in [2.45, 2.75) is 11.7 Å². The first kappa shape index (κ1) is 20.2. The van der Waals surface area contributed by atoms with Crippen LogP contribution in [0, 0.1) is 0 Å². The number of benzene rings is 3. The van der Waals surface area contributed by atoms with Crippen molar-refractivity contribution in [1.82, 2.24) is 14.8 Å². The summed E-state index contributed by atoms with van der Waals surface area (Å²) in [6.07, 6.45) is 0. The highest BCUT2D eigenvalue weighted by Gasteiger charge is 2.16.